The number of fused-ring (bicyclic) bond motifs is 1. The van der Waals surface area contributed by atoms with Gasteiger partial charge in [-0.05, 0) is 29.3 Å². The van der Waals surface area contributed by atoms with E-state index in [1.165, 1.54) is 21.2 Å². The van der Waals surface area contributed by atoms with Gasteiger partial charge in [-0.15, -0.1) is 0 Å². The molecule has 1 aromatic carbocycles. The summed E-state index contributed by atoms with van der Waals surface area (Å²) in [5.41, 5.74) is 2.78. The molecule has 26 heavy (non-hydrogen) atoms. The maximum Gasteiger partial charge on any atom is 0.301 e. The molecular formula is C17H20N4O4S. The number of aromatic nitrogens is 1. The van der Waals surface area contributed by atoms with Gasteiger partial charge in [0, 0.05) is 44.4 Å². The van der Waals surface area contributed by atoms with Crippen molar-refractivity contribution in [2.24, 2.45) is 0 Å². The van der Waals surface area contributed by atoms with Crippen molar-refractivity contribution in [2.45, 2.75) is 12.3 Å². The number of carbonyl (C=O) groups excluding carboxylic acids is 1. The second-order valence-electron chi connectivity index (χ2n) is 6.13. The van der Waals surface area contributed by atoms with Gasteiger partial charge in [-0.3, -0.25) is 9.52 Å². The van der Waals surface area contributed by atoms with E-state index in [-0.39, 0.29) is 11.8 Å². The van der Waals surface area contributed by atoms with E-state index in [9.17, 15) is 13.2 Å². The summed E-state index contributed by atoms with van der Waals surface area (Å²) < 4.78 is 32.7. The zero-order chi connectivity index (χ0) is 18.9. The third-order valence-electron chi connectivity index (χ3n) is 4.19. The van der Waals surface area contributed by atoms with Crippen LogP contribution >= 0.6 is 0 Å². The van der Waals surface area contributed by atoms with Gasteiger partial charge in [-0.1, -0.05) is 6.07 Å². The molecule has 1 atom stereocenters. The average molecular weight is 376 g/mol. The number of hydrogen-bond acceptors (Lipinski definition) is 5. The molecule has 0 spiro atoms. The molecule has 1 aromatic heterocycles. The van der Waals surface area contributed by atoms with Crippen LogP contribution in [0.2, 0.25) is 0 Å². The highest BCUT2D eigenvalue weighted by Crippen LogP contribution is 2.39. The minimum Gasteiger partial charge on any atom is -0.481 e. The van der Waals surface area contributed by atoms with Crippen LogP contribution < -0.4 is 14.8 Å². The molecule has 0 fully saturated rings. The fourth-order valence-electron chi connectivity index (χ4n) is 2.82. The molecule has 2 N–H and O–H groups in total. The fourth-order valence-corrected chi connectivity index (χ4v) is 3.43. The second-order valence-corrected chi connectivity index (χ2v) is 8.01. The van der Waals surface area contributed by atoms with E-state index >= 15 is 0 Å². The van der Waals surface area contributed by atoms with E-state index in [2.05, 4.69) is 15.0 Å². The molecule has 2 heterocycles. The van der Waals surface area contributed by atoms with E-state index in [0.29, 0.717) is 23.7 Å². The van der Waals surface area contributed by atoms with E-state index in [0.717, 1.165) is 15.4 Å². The predicted molar refractivity (Wildman–Crippen MR) is 98.6 cm³/mol. The average Bonchev–Trinajstić information content (AvgIpc) is 2.60. The third kappa shape index (κ3) is 3.63. The first-order chi connectivity index (χ1) is 12.3. The molecule has 0 saturated heterocycles. The standard InChI is InChI=1S/C17H20N4O4S/c1-21(2)26(23,24)20-12-4-5-13-14(10-16(22)19-15(13)9-12)11-6-7-18-17(8-11)25-3/h4-9,14,20H,10H2,1-3H3,(H,19,22). The maximum absolute atomic E-state index is 12.2. The summed E-state index contributed by atoms with van der Waals surface area (Å²) in [6.45, 7) is 0. The molecule has 0 radical (unpaired) electrons. The van der Waals surface area contributed by atoms with Crippen LogP contribution in [-0.4, -0.2) is 44.8 Å². The lowest BCUT2D eigenvalue weighted by Gasteiger charge is -2.27. The Morgan fingerprint density at radius 2 is 2.04 bits per heavy atom. The topological polar surface area (TPSA) is 101 Å². The van der Waals surface area contributed by atoms with Gasteiger partial charge >= 0.3 is 10.2 Å². The number of ether oxygens (including phenoxy) is 1. The van der Waals surface area contributed by atoms with E-state index in [4.69, 9.17) is 4.74 Å². The number of anilines is 2. The van der Waals surface area contributed by atoms with Crippen molar-refractivity contribution in [3.8, 4) is 5.88 Å². The summed E-state index contributed by atoms with van der Waals surface area (Å²) >= 11 is 0. The first-order valence-electron chi connectivity index (χ1n) is 7.94. The molecule has 1 aliphatic rings. The molecule has 0 saturated carbocycles. The van der Waals surface area contributed by atoms with Gasteiger partial charge < -0.3 is 10.1 Å². The van der Waals surface area contributed by atoms with Crippen LogP contribution in [0.4, 0.5) is 11.4 Å². The SMILES string of the molecule is COc1cc(C2CC(=O)Nc3cc(NS(=O)(=O)N(C)C)ccc32)ccn1. The van der Waals surface area contributed by atoms with Crippen molar-refractivity contribution < 1.29 is 17.9 Å². The highest BCUT2D eigenvalue weighted by molar-refractivity contribution is 7.90. The number of rotatable bonds is 5. The number of hydrogen-bond donors (Lipinski definition) is 2. The van der Waals surface area contributed by atoms with Gasteiger partial charge in [0.05, 0.1) is 12.8 Å². The number of pyridine rings is 1. The Morgan fingerprint density at radius 3 is 2.73 bits per heavy atom. The molecule has 1 amide bonds. The molecule has 1 unspecified atom stereocenters. The maximum atomic E-state index is 12.2. The third-order valence-corrected chi connectivity index (χ3v) is 5.65. The predicted octanol–water partition coefficient (Wildman–Crippen LogP) is 1.78. The molecule has 0 bridgehead atoms. The summed E-state index contributed by atoms with van der Waals surface area (Å²) in [4.78, 5) is 16.3. The lowest BCUT2D eigenvalue weighted by molar-refractivity contribution is -0.116. The molecule has 1 aliphatic heterocycles. The number of nitrogens with one attached hydrogen (secondary N) is 2. The van der Waals surface area contributed by atoms with Crippen molar-refractivity contribution in [2.75, 3.05) is 31.2 Å². The minimum absolute atomic E-state index is 0.133. The van der Waals surface area contributed by atoms with Crippen molar-refractivity contribution in [1.82, 2.24) is 9.29 Å². The van der Waals surface area contributed by atoms with Gasteiger partial charge in [0.25, 0.3) is 0 Å². The quantitative estimate of drug-likeness (QED) is 0.828. The first-order valence-corrected chi connectivity index (χ1v) is 9.38. The molecule has 3 rings (SSSR count). The Hall–Kier alpha value is -2.65. The summed E-state index contributed by atoms with van der Waals surface area (Å²) in [7, 11) is 0.798. The molecule has 0 aliphatic carbocycles. The highest BCUT2D eigenvalue weighted by Gasteiger charge is 2.27. The van der Waals surface area contributed by atoms with Crippen LogP contribution in [0.1, 0.15) is 23.5 Å². The van der Waals surface area contributed by atoms with E-state index in [1.807, 2.05) is 12.1 Å². The monoisotopic (exact) mass is 376 g/mol. The molecule has 9 heteroatoms. The number of amides is 1. The smallest absolute Gasteiger partial charge is 0.301 e. The van der Waals surface area contributed by atoms with E-state index in [1.54, 1.807) is 24.4 Å². The second kappa shape index (κ2) is 6.93. The van der Waals surface area contributed by atoms with Gasteiger partial charge in [-0.2, -0.15) is 12.7 Å². The zero-order valence-electron chi connectivity index (χ0n) is 14.7. The van der Waals surface area contributed by atoms with Crippen molar-refractivity contribution in [1.29, 1.82) is 0 Å². The highest BCUT2D eigenvalue weighted by atomic mass is 32.2. The summed E-state index contributed by atoms with van der Waals surface area (Å²) in [6.07, 6.45) is 1.93. The number of methoxy groups -OCH3 is 1. The van der Waals surface area contributed by atoms with Crippen LogP contribution in [0.5, 0.6) is 5.88 Å². The normalized spacial score (nSPS) is 16.8. The Bertz CT molecular complexity index is 944. The first kappa shape index (κ1) is 18.2. The fraction of sp³-hybridized carbons (Fsp3) is 0.294. The lowest BCUT2D eigenvalue weighted by atomic mass is 9.85. The summed E-state index contributed by atoms with van der Waals surface area (Å²) in [5, 5.41) is 2.81. The summed E-state index contributed by atoms with van der Waals surface area (Å²) in [6, 6.07) is 8.77. The Labute approximate surface area is 152 Å². The van der Waals surface area contributed by atoms with Crippen LogP contribution in [-0.2, 0) is 15.0 Å². The van der Waals surface area contributed by atoms with Crippen LogP contribution in [0.15, 0.2) is 36.5 Å². The zero-order valence-corrected chi connectivity index (χ0v) is 15.5. The van der Waals surface area contributed by atoms with Crippen LogP contribution in [0.3, 0.4) is 0 Å². The molecule has 8 nitrogen and oxygen atoms in total. The number of carbonyl (C=O) groups is 1. The van der Waals surface area contributed by atoms with Gasteiger partial charge in [0.1, 0.15) is 0 Å². The number of nitrogens with zero attached hydrogens (tertiary/aromatic N) is 2. The van der Waals surface area contributed by atoms with Gasteiger partial charge in [-0.25, -0.2) is 4.98 Å². The van der Waals surface area contributed by atoms with E-state index < -0.39 is 10.2 Å². The minimum atomic E-state index is -3.62. The van der Waals surface area contributed by atoms with Gasteiger partial charge in [0.2, 0.25) is 11.8 Å². The van der Waals surface area contributed by atoms with Crippen molar-refractivity contribution in [3.05, 3.63) is 47.7 Å². The van der Waals surface area contributed by atoms with Crippen LogP contribution in [0, 0.1) is 0 Å². The molecule has 2 aromatic rings. The largest absolute Gasteiger partial charge is 0.481 e. The van der Waals surface area contributed by atoms with Gasteiger partial charge in [0.15, 0.2) is 0 Å². The van der Waals surface area contributed by atoms with Crippen molar-refractivity contribution in [3.63, 3.8) is 0 Å². The molecule has 138 valence electrons. The number of benzene rings is 1. The summed E-state index contributed by atoms with van der Waals surface area (Å²) in [5.74, 6) is 0.187. The Morgan fingerprint density at radius 1 is 1.27 bits per heavy atom. The Balaban J connectivity index is 1.98. The Kier molecular flexibility index (Phi) is 4.84. The molecular weight excluding hydrogens is 356 g/mol. The lowest BCUT2D eigenvalue weighted by Crippen LogP contribution is -2.29. The van der Waals surface area contributed by atoms with Crippen LogP contribution in [0.25, 0.3) is 0 Å². The van der Waals surface area contributed by atoms with Crippen molar-refractivity contribution >= 4 is 27.5 Å².